The fourth-order valence-corrected chi connectivity index (χ4v) is 10.7. The number of hydrogen-bond donors (Lipinski definition) is 3. The number of benzene rings is 3. The third-order valence-electron chi connectivity index (χ3n) is 15.0. The van der Waals surface area contributed by atoms with E-state index in [4.69, 9.17) is 24.2 Å². The lowest BCUT2D eigenvalue weighted by molar-refractivity contribution is -0.120. The van der Waals surface area contributed by atoms with E-state index in [2.05, 4.69) is 38.4 Å². The lowest BCUT2D eigenvalue weighted by Crippen LogP contribution is -2.55. The van der Waals surface area contributed by atoms with Crippen LogP contribution in [0.3, 0.4) is 0 Å². The summed E-state index contributed by atoms with van der Waals surface area (Å²) < 4.78 is 20.6. The topological polar surface area (TPSA) is 200 Å². The molecule has 0 bridgehead atoms. The van der Waals surface area contributed by atoms with Crippen molar-refractivity contribution in [3.8, 4) is 16.9 Å². The second-order valence-electron chi connectivity index (χ2n) is 20.1. The molecule has 0 spiro atoms. The van der Waals surface area contributed by atoms with E-state index in [1.54, 1.807) is 48.0 Å². The van der Waals surface area contributed by atoms with Gasteiger partial charge in [0.25, 0.3) is 11.5 Å². The number of H-pyrrole nitrogens is 1. The maximum absolute atomic E-state index is 14.0. The maximum atomic E-state index is 14.0. The quantitative estimate of drug-likeness (QED) is 0.107. The number of fused-ring (bicyclic) bond motifs is 2. The van der Waals surface area contributed by atoms with Crippen LogP contribution in [-0.2, 0) is 26.9 Å². The standard InChI is InChI=1S/C55H65N11O8/c1-35-31-63(27-28-65(35)50(68)38-12-16-46(72-5)45(30-38)66-25-20-47(67)59-53(66)70)32-36-18-23-64(24-19-36)52-58-44-15-11-37(43-33-62(4)51(69)48-41(43)17-21-57-48)29-42(44)49(60-52)55(74-40-13-14-40,39-9-7-6-8-10-39)34-73-54(71)61(3)26-22-56-2/h6-12,15-17,21,29-30,33,35-36,40,56-57H,13-14,18-20,22-28,31-32,34H2,1-5H3,(H,59,67,70). The SMILES string of the molecule is CNCCN(C)C(=O)OCC(OC1CC1)(c1ccccc1)c1nc(N2CCC(CN3CCN(C(=O)c4ccc(OC)c(N5CCC(=O)NC5=O)c4)C(C)C3)CC2)nc2ccc(-c3cn(C)c(=O)c4[nH]ccc34)cc12. The molecule has 3 N–H and O–H groups in total. The summed E-state index contributed by atoms with van der Waals surface area (Å²) in [4.78, 5) is 89.1. The monoisotopic (exact) mass is 1010 g/mol. The number of pyridine rings is 1. The molecular formula is C55H65N11O8. The Kier molecular flexibility index (Phi) is 14.4. The molecule has 4 fully saturated rings. The first-order valence-corrected chi connectivity index (χ1v) is 25.7. The van der Waals surface area contributed by atoms with Gasteiger partial charge in [-0.2, -0.15) is 0 Å². The molecule has 3 aliphatic heterocycles. The van der Waals surface area contributed by atoms with E-state index < -0.39 is 17.7 Å². The average molecular weight is 1010 g/mol. The number of amides is 5. The lowest BCUT2D eigenvalue weighted by atomic mass is 9.87. The Bertz CT molecular complexity index is 3130. The molecule has 3 aromatic heterocycles. The van der Waals surface area contributed by atoms with Crippen molar-refractivity contribution in [3.05, 3.63) is 112 Å². The molecule has 1 saturated carbocycles. The van der Waals surface area contributed by atoms with E-state index in [-0.39, 0.29) is 49.1 Å². The number of nitrogens with one attached hydrogen (secondary N) is 3. The normalized spacial score (nSPS) is 18.7. The molecule has 4 aliphatic rings. The lowest BCUT2D eigenvalue weighted by Gasteiger charge is -2.42. The molecular weight excluding hydrogens is 943 g/mol. The van der Waals surface area contributed by atoms with E-state index in [9.17, 15) is 24.0 Å². The van der Waals surface area contributed by atoms with Crippen LogP contribution in [0.1, 0.15) is 60.6 Å². The van der Waals surface area contributed by atoms with Crippen LogP contribution in [0.2, 0.25) is 0 Å². The van der Waals surface area contributed by atoms with E-state index in [0.29, 0.717) is 65.2 Å². The van der Waals surface area contributed by atoms with Crippen LogP contribution in [0.15, 0.2) is 90.0 Å². The minimum atomic E-state index is -1.32. The summed E-state index contributed by atoms with van der Waals surface area (Å²) in [6.07, 6.45) is 6.79. The Hall–Kier alpha value is -7.35. The van der Waals surface area contributed by atoms with Gasteiger partial charge < -0.3 is 43.8 Å². The van der Waals surface area contributed by atoms with Crippen LogP contribution in [0.25, 0.3) is 32.9 Å². The van der Waals surface area contributed by atoms with Gasteiger partial charge >= 0.3 is 12.1 Å². The number of piperidine rings is 1. The van der Waals surface area contributed by atoms with Crippen molar-refractivity contribution in [2.75, 3.05) is 96.5 Å². The van der Waals surface area contributed by atoms with Crippen LogP contribution in [0.5, 0.6) is 5.75 Å². The summed E-state index contributed by atoms with van der Waals surface area (Å²) in [6.45, 7) is 7.54. The predicted octanol–water partition coefficient (Wildman–Crippen LogP) is 5.71. The fourth-order valence-electron chi connectivity index (χ4n) is 10.7. The summed E-state index contributed by atoms with van der Waals surface area (Å²) in [5, 5.41) is 7.00. The Morgan fingerprint density at radius 1 is 0.919 bits per heavy atom. The van der Waals surface area contributed by atoms with Crippen LogP contribution in [0.4, 0.5) is 21.2 Å². The number of anilines is 2. The van der Waals surface area contributed by atoms with Crippen molar-refractivity contribution in [2.45, 2.75) is 56.8 Å². The van der Waals surface area contributed by atoms with E-state index in [1.165, 1.54) is 12.0 Å². The zero-order chi connectivity index (χ0) is 51.7. The number of carbonyl (C=O) groups excluding carboxylic acids is 4. The summed E-state index contributed by atoms with van der Waals surface area (Å²) >= 11 is 0. The van der Waals surface area contributed by atoms with Crippen molar-refractivity contribution in [3.63, 3.8) is 0 Å². The number of aromatic amines is 1. The maximum Gasteiger partial charge on any atom is 0.409 e. The minimum absolute atomic E-state index is 0.0543. The Labute approximate surface area is 429 Å². The first-order chi connectivity index (χ1) is 35.8. The number of urea groups is 1. The zero-order valence-corrected chi connectivity index (χ0v) is 42.8. The number of aryl methyl sites for hydroxylation is 1. The molecule has 6 heterocycles. The zero-order valence-electron chi connectivity index (χ0n) is 42.8. The number of nitrogens with zero attached hydrogens (tertiary/aromatic N) is 8. The summed E-state index contributed by atoms with van der Waals surface area (Å²) in [7, 11) is 6.83. The number of ether oxygens (including phenoxy) is 3. The van der Waals surface area contributed by atoms with Crippen molar-refractivity contribution >= 4 is 57.4 Å². The highest BCUT2D eigenvalue weighted by molar-refractivity contribution is 6.07. The third-order valence-corrected chi connectivity index (χ3v) is 15.0. The molecule has 2 atom stereocenters. The molecule has 388 valence electrons. The molecule has 19 nitrogen and oxygen atoms in total. The van der Waals surface area contributed by atoms with E-state index in [1.807, 2.05) is 66.7 Å². The Morgan fingerprint density at radius 3 is 2.45 bits per heavy atom. The molecule has 10 rings (SSSR count). The van der Waals surface area contributed by atoms with Gasteiger partial charge in [-0.3, -0.25) is 29.5 Å². The molecule has 0 radical (unpaired) electrons. The molecule has 3 aromatic carbocycles. The Balaban J connectivity index is 0.911. The van der Waals surface area contributed by atoms with Crippen molar-refractivity contribution in [2.24, 2.45) is 13.0 Å². The third kappa shape index (κ3) is 10.1. The number of methoxy groups -OCH3 is 1. The molecule has 74 heavy (non-hydrogen) atoms. The van der Waals surface area contributed by atoms with Crippen LogP contribution < -0.4 is 30.7 Å². The van der Waals surface area contributed by atoms with Gasteiger partial charge in [-0.05, 0) is 93.1 Å². The first kappa shape index (κ1) is 50.2. The van der Waals surface area contributed by atoms with Gasteiger partial charge in [0.15, 0.2) is 5.60 Å². The van der Waals surface area contributed by atoms with Gasteiger partial charge in [0.2, 0.25) is 11.9 Å². The number of carbonyl (C=O) groups is 4. The number of imide groups is 1. The fraction of sp³-hybridized carbons (Fsp3) is 0.436. The number of piperazine rings is 1. The molecule has 6 aromatic rings. The molecule has 1 aliphatic carbocycles. The highest BCUT2D eigenvalue weighted by Gasteiger charge is 2.46. The number of hydrogen-bond acceptors (Lipinski definition) is 13. The first-order valence-electron chi connectivity index (χ1n) is 25.7. The number of aromatic nitrogens is 4. The van der Waals surface area contributed by atoms with Crippen LogP contribution in [0, 0.1) is 5.92 Å². The minimum Gasteiger partial charge on any atom is -0.495 e. The summed E-state index contributed by atoms with van der Waals surface area (Å²) in [6, 6.07) is 22.5. The van der Waals surface area contributed by atoms with Gasteiger partial charge in [0.05, 0.1) is 30.1 Å². The van der Waals surface area contributed by atoms with Crippen molar-refractivity contribution < 1.29 is 33.4 Å². The smallest absolute Gasteiger partial charge is 0.409 e. The second kappa shape index (κ2) is 21.2. The van der Waals surface area contributed by atoms with Crippen molar-refractivity contribution in [1.29, 1.82) is 0 Å². The van der Waals surface area contributed by atoms with Gasteiger partial charge in [0.1, 0.15) is 17.9 Å². The number of likely N-dealkylation sites (N-methyl/N-ethyl adjacent to an activating group) is 2. The summed E-state index contributed by atoms with van der Waals surface area (Å²) in [5.74, 6) is 0.970. The van der Waals surface area contributed by atoms with Gasteiger partial charge in [0, 0.05) is 120 Å². The van der Waals surface area contributed by atoms with E-state index in [0.717, 1.165) is 85.9 Å². The van der Waals surface area contributed by atoms with Crippen LogP contribution >= 0.6 is 0 Å². The summed E-state index contributed by atoms with van der Waals surface area (Å²) in [5.41, 5.74) is 3.83. The molecule has 3 saturated heterocycles. The predicted molar refractivity (Wildman–Crippen MR) is 282 cm³/mol. The highest BCUT2D eigenvalue weighted by Crippen LogP contribution is 2.44. The van der Waals surface area contributed by atoms with Gasteiger partial charge in [-0.1, -0.05) is 36.4 Å². The van der Waals surface area contributed by atoms with Crippen LogP contribution in [-0.4, -0.2) is 157 Å². The van der Waals surface area contributed by atoms with Gasteiger partial charge in [-0.15, -0.1) is 0 Å². The van der Waals surface area contributed by atoms with E-state index >= 15 is 0 Å². The second-order valence-corrected chi connectivity index (χ2v) is 20.1. The van der Waals surface area contributed by atoms with Gasteiger partial charge in [-0.25, -0.2) is 19.6 Å². The largest absolute Gasteiger partial charge is 0.495 e. The molecule has 5 amide bonds. The van der Waals surface area contributed by atoms with Crippen molar-refractivity contribution in [1.82, 2.24) is 44.9 Å². The molecule has 19 heteroatoms. The highest BCUT2D eigenvalue weighted by atomic mass is 16.6. The Morgan fingerprint density at radius 2 is 1.72 bits per heavy atom. The molecule has 2 unspecified atom stereocenters. The number of rotatable bonds is 16. The average Bonchev–Trinajstić information content (AvgIpc) is 4.10.